The molecular weight excluding hydrogens is 342 g/mol. The average Bonchev–Trinajstić information content (AvgIpc) is 3.45. The van der Waals surface area contributed by atoms with Crippen LogP contribution >= 0.6 is 0 Å². The fourth-order valence-corrected chi connectivity index (χ4v) is 3.77. The molecule has 1 N–H and O–H groups in total. The van der Waals surface area contributed by atoms with Gasteiger partial charge in [0, 0.05) is 37.4 Å². The van der Waals surface area contributed by atoms with Crippen molar-refractivity contribution in [3.63, 3.8) is 0 Å². The first-order chi connectivity index (χ1) is 13.0. The molecule has 2 fully saturated rings. The van der Waals surface area contributed by atoms with E-state index in [9.17, 15) is 9.59 Å². The molecule has 3 heterocycles. The van der Waals surface area contributed by atoms with Crippen LogP contribution < -0.4 is 5.32 Å². The van der Waals surface area contributed by atoms with Gasteiger partial charge in [-0.05, 0) is 44.2 Å². The normalized spacial score (nSPS) is 22.5. The molecule has 0 radical (unpaired) electrons. The standard InChI is InChI=1S/C20H25N5O2/c1-13-12-24(20(27)15-3-4-15)10-7-18(13)23-19(26)17-11-22-25(14(17)2)16-5-8-21-9-6-16/h5-6,8-9,11,13,15,18H,3-4,7,10,12H2,1-2H3,(H,23,26). The lowest BCUT2D eigenvalue weighted by atomic mass is 9.93. The van der Waals surface area contributed by atoms with Crippen LogP contribution in [0.25, 0.3) is 5.69 Å². The SMILES string of the molecule is Cc1c(C(=O)NC2CCN(C(=O)C3CC3)CC2C)cnn1-c1ccncc1. The summed E-state index contributed by atoms with van der Waals surface area (Å²) >= 11 is 0. The highest BCUT2D eigenvalue weighted by Gasteiger charge is 2.37. The first-order valence-corrected chi connectivity index (χ1v) is 9.59. The number of hydrogen-bond acceptors (Lipinski definition) is 4. The zero-order chi connectivity index (χ0) is 19.0. The molecule has 0 bridgehead atoms. The number of carbonyl (C=O) groups is 2. The lowest BCUT2D eigenvalue weighted by Gasteiger charge is -2.37. The molecular formula is C20H25N5O2. The molecule has 1 aliphatic heterocycles. The molecule has 7 nitrogen and oxygen atoms in total. The van der Waals surface area contributed by atoms with Crippen LogP contribution in [0.15, 0.2) is 30.7 Å². The zero-order valence-corrected chi connectivity index (χ0v) is 15.8. The molecule has 2 aromatic rings. The van der Waals surface area contributed by atoms with Gasteiger partial charge in [0.05, 0.1) is 23.1 Å². The molecule has 1 saturated carbocycles. The molecule has 0 aromatic carbocycles. The van der Waals surface area contributed by atoms with Crippen LogP contribution in [0.4, 0.5) is 0 Å². The van der Waals surface area contributed by atoms with Crippen molar-refractivity contribution in [3.05, 3.63) is 42.0 Å². The van der Waals surface area contributed by atoms with Gasteiger partial charge in [0.25, 0.3) is 5.91 Å². The molecule has 1 saturated heterocycles. The number of aromatic nitrogens is 3. The van der Waals surface area contributed by atoms with Crippen LogP contribution in [0.1, 0.15) is 42.2 Å². The Hall–Kier alpha value is -2.70. The summed E-state index contributed by atoms with van der Waals surface area (Å²) in [4.78, 5) is 31.0. The highest BCUT2D eigenvalue weighted by atomic mass is 16.2. The van der Waals surface area contributed by atoms with Gasteiger partial charge >= 0.3 is 0 Å². The zero-order valence-electron chi connectivity index (χ0n) is 15.8. The van der Waals surface area contributed by atoms with Crippen molar-refractivity contribution >= 4 is 11.8 Å². The van der Waals surface area contributed by atoms with Gasteiger partial charge in [0.15, 0.2) is 0 Å². The predicted octanol–water partition coefficient (Wildman–Crippen LogP) is 1.95. The summed E-state index contributed by atoms with van der Waals surface area (Å²) in [5.41, 5.74) is 2.25. The quantitative estimate of drug-likeness (QED) is 0.896. The van der Waals surface area contributed by atoms with Crippen molar-refractivity contribution < 1.29 is 9.59 Å². The minimum absolute atomic E-state index is 0.0735. The first-order valence-electron chi connectivity index (χ1n) is 9.59. The summed E-state index contributed by atoms with van der Waals surface area (Å²) in [7, 11) is 0. The van der Waals surface area contributed by atoms with Crippen LogP contribution in [0.5, 0.6) is 0 Å². The van der Waals surface area contributed by atoms with Crippen molar-refractivity contribution in [2.45, 2.75) is 39.2 Å². The molecule has 4 rings (SSSR count). The van der Waals surface area contributed by atoms with E-state index in [-0.39, 0.29) is 23.8 Å². The molecule has 142 valence electrons. The molecule has 27 heavy (non-hydrogen) atoms. The highest BCUT2D eigenvalue weighted by Crippen LogP contribution is 2.32. The number of rotatable bonds is 4. The summed E-state index contributed by atoms with van der Waals surface area (Å²) in [6, 6.07) is 3.79. The van der Waals surface area contributed by atoms with Gasteiger partial charge in [-0.2, -0.15) is 5.10 Å². The summed E-state index contributed by atoms with van der Waals surface area (Å²) < 4.78 is 1.75. The number of pyridine rings is 1. The van der Waals surface area contributed by atoms with Crippen LogP contribution in [-0.4, -0.2) is 50.6 Å². The molecule has 2 unspecified atom stereocenters. The second-order valence-electron chi connectivity index (χ2n) is 7.67. The Morgan fingerprint density at radius 1 is 1.19 bits per heavy atom. The minimum atomic E-state index is -0.105. The van der Waals surface area contributed by atoms with E-state index >= 15 is 0 Å². The molecule has 1 aliphatic carbocycles. The van der Waals surface area contributed by atoms with Crippen LogP contribution in [0.2, 0.25) is 0 Å². The third kappa shape index (κ3) is 3.59. The number of carbonyl (C=O) groups excluding carboxylic acids is 2. The Balaban J connectivity index is 1.41. The van der Waals surface area contributed by atoms with Crippen molar-refractivity contribution in [2.24, 2.45) is 11.8 Å². The van der Waals surface area contributed by atoms with Crippen molar-refractivity contribution in [1.29, 1.82) is 0 Å². The fourth-order valence-electron chi connectivity index (χ4n) is 3.77. The van der Waals surface area contributed by atoms with E-state index in [0.29, 0.717) is 11.5 Å². The maximum absolute atomic E-state index is 12.8. The largest absolute Gasteiger partial charge is 0.349 e. The predicted molar refractivity (Wildman–Crippen MR) is 100 cm³/mol. The van der Waals surface area contributed by atoms with Gasteiger partial charge in [0.1, 0.15) is 0 Å². The number of likely N-dealkylation sites (tertiary alicyclic amines) is 1. The lowest BCUT2D eigenvalue weighted by molar-refractivity contribution is -0.134. The third-order valence-electron chi connectivity index (χ3n) is 5.62. The Morgan fingerprint density at radius 3 is 2.59 bits per heavy atom. The van der Waals surface area contributed by atoms with Crippen LogP contribution in [-0.2, 0) is 4.79 Å². The first kappa shape index (κ1) is 17.7. The molecule has 2 aromatic heterocycles. The van der Waals surface area contributed by atoms with E-state index in [1.807, 2.05) is 24.0 Å². The number of nitrogens with one attached hydrogen (secondary N) is 1. The Kier molecular flexibility index (Phi) is 4.68. The van der Waals surface area contributed by atoms with Crippen LogP contribution in [0.3, 0.4) is 0 Å². The van der Waals surface area contributed by atoms with Gasteiger partial charge in [-0.25, -0.2) is 4.68 Å². The number of nitrogens with zero attached hydrogens (tertiary/aromatic N) is 4. The summed E-state index contributed by atoms with van der Waals surface area (Å²) in [5, 5.41) is 7.51. The van der Waals surface area contributed by atoms with E-state index in [0.717, 1.165) is 43.7 Å². The van der Waals surface area contributed by atoms with E-state index in [4.69, 9.17) is 0 Å². The van der Waals surface area contributed by atoms with E-state index < -0.39 is 0 Å². The van der Waals surface area contributed by atoms with Crippen molar-refractivity contribution in [1.82, 2.24) is 25.0 Å². The van der Waals surface area contributed by atoms with Gasteiger partial charge in [-0.3, -0.25) is 14.6 Å². The number of piperidine rings is 1. The van der Waals surface area contributed by atoms with Gasteiger partial charge in [0.2, 0.25) is 5.91 Å². The van der Waals surface area contributed by atoms with Gasteiger partial charge in [-0.15, -0.1) is 0 Å². The molecule has 2 amide bonds. The minimum Gasteiger partial charge on any atom is -0.349 e. The van der Waals surface area contributed by atoms with Crippen molar-refractivity contribution in [2.75, 3.05) is 13.1 Å². The fraction of sp³-hybridized carbons (Fsp3) is 0.500. The van der Waals surface area contributed by atoms with Gasteiger partial charge < -0.3 is 10.2 Å². The third-order valence-corrected chi connectivity index (χ3v) is 5.62. The van der Waals surface area contributed by atoms with E-state index in [1.165, 1.54) is 0 Å². The second-order valence-corrected chi connectivity index (χ2v) is 7.67. The smallest absolute Gasteiger partial charge is 0.254 e. The number of amides is 2. The Labute approximate surface area is 158 Å². The van der Waals surface area contributed by atoms with E-state index in [2.05, 4.69) is 22.3 Å². The Morgan fingerprint density at radius 2 is 1.93 bits per heavy atom. The lowest BCUT2D eigenvalue weighted by Crippen LogP contribution is -2.51. The molecule has 2 aliphatic rings. The molecule has 0 spiro atoms. The van der Waals surface area contributed by atoms with Crippen LogP contribution in [0, 0.1) is 18.8 Å². The monoisotopic (exact) mass is 367 g/mol. The summed E-state index contributed by atoms with van der Waals surface area (Å²) in [6.45, 7) is 5.43. The molecule has 7 heteroatoms. The topological polar surface area (TPSA) is 80.1 Å². The van der Waals surface area contributed by atoms with E-state index in [1.54, 1.807) is 23.3 Å². The average molecular weight is 367 g/mol. The maximum atomic E-state index is 12.8. The van der Waals surface area contributed by atoms with Crippen molar-refractivity contribution in [3.8, 4) is 5.69 Å². The summed E-state index contributed by atoms with van der Waals surface area (Å²) in [5.74, 6) is 0.679. The number of hydrogen-bond donors (Lipinski definition) is 1. The maximum Gasteiger partial charge on any atom is 0.254 e. The van der Waals surface area contributed by atoms with Gasteiger partial charge in [-0.1, -0.05) is 6.92 Å². The second kappa shape index (κ2) is 7.13. The Bertz CT molecular complexity index is 843. The summed E-state index contributed by atoms with van der Waals surface area (Å²) in [6.07, 6.45) is 7.88. The molecule has 2 atom stereocenters. The highest BCUT2D eigenvalue weighted by molar-refractivity contribution is 5.95.